The lowest BCUT2D eigenvalue weighted by Gasteiger charge is -2.07. The quantitative estimate of drug-likeness (QED) is 0.883. The molecular formula is C13H13FN4O. The molecule has 0 spiro atoms. The van der Waals surface area contributed by atoms with Crippen LogP contribution in [0.25, 0.3) is 0 Å². The fourth-order valence-corrected chi connectivity index (χ4v) is 1.46. The third-order valence-corrected chi connectivity index (χ3v) is 2.32. The third kappa shape index (κ3) is 3.25. The van der Waals surface area contributed by atoms with E-state index in [0.717, 1.165) is 6.20 Å². The zero-order valence-corrected chi connectivity index (χ0v) is 10.4. The molecule has 0 bridgehead atoms. The number of benzene rings is 1. The standard InChI is InChI=1S/C13H13FN4O/c1-2-15-13(19)12-16-8-10(14)11(18-12)17-9-6-4-3-5-7-9/h3-8H,2H2,1H3,(H,15,19)(H,16,17,18). The summed E-state index contributed by atoms with van der Waals surface area (Å²) in [4.78, 5) is 19.1. The average Bonchev–Trinajstić information content (AvgIpc) is 2.42. The van der Waals surface area contributed by atoms with Crippen LogP contribution in [0.2, 0.25) is 0 Å². The Morgan fingerprint density at radius 1 is 1.32 bits per heavy atom. The highest BCUT2D eigenvalue weighted by molar-refractivity contribution is 5.90. The summed E-state index contributed by atoms with van der Waals surface area (Å²) >= 11 is 0. The monoisotopic (exact) mass is 260 g/mol. The van der Waals surface area contributed by atoms with Crippen LogP contribution in [0.15, 0.2) is 36.5 Å². The molecule has 0 unspecified atom stereocenters. The molecule has 1 aromatic carbocycles. The molecule has 2 rings (SSSR count). The summed E-state index contributed by atoms with van der Waals surface area (Å²) in [6, 6.07) is 9.01. The van der Waals surface area contributed by atoms with Gasteiger partial charge in [-0.2, -0.15) is 0 Å². The maximum Gasteiger partial charge on any atom is 0.289 e. The van der Waals surface area contributed by atoms with Gasteiger partial charge in [-0.1, -0.05) is 18.2 Å². The van der Waals surface area contributed by atoms with Crippen molar-refractivity contribution in [2.75, 3.05) is 11.9 Å². The first-order chi connectivity index (χ1) is 9.20. The summed E-state index contributed by atoms with van der Waals surface area (Å²) in [6.45, 7) is 2.24. The molecule has 1 heterocycles. The van der Waals surface area contributed by atoms with Crippen LogP contribution in [0.1, 0.15) is 17.5 Å². The van der Waals surface area contributed by atoms with E-state index >= 15 is 0 Å². The van der Waals surface area contributed by atoms with Gasteiger partial charge in [-0.25, -0.2) is 14.4 Å². The van der Waals surface area contributed by atoms with Crippen molar-refractivity contribution in [3.05, 3.63) is 48.2 Å². The molecule has 2 N–H and O–H groups in total. The number of nitrogens with zero attached hydrogens (tertiary/aromatic N) is 2. The van der Waals surface area contributed by atoms with Crippen molar-refractivity contribution in [3.63, 3.8) is 0 Å². The molecular weight excluding hydrogens is 247 g/mol. The Morgan fingerprint density at radius 3 is 2.74 bits per heavy atom. The van der Waals surface area contributed by atoms with Crippen molar-refractivity contribution in [3.8, 4) is 0 Å². The molecule has 1 aromatic heterocycles. The normalized spacial score (nSPS) is 10.0. The van der Waals surface area contributed by atoms with Gasteiger partial charge in [0.2, 0.25) is 5.82 Å². The SMILES string of the molecule is CCNC(=O)c1ncc(F)c(Nc2ccccc2)n1. The molecule has 0 aliphatic heterocycles. The van der Waals surface area contributed by atoms with Crippen molar-refractivity contribution in [1.29, 1.82) is 0 Å². The highest BCUT2D eigenvalue weighted by atomic mass is 19.1. The zero-order valence-electron chi connectivity index (χ0n) is 10.4. The molecule has 19 heavy (non-hydrogen) atoms. The van der Waals surface area contributed by atoms with Crippen LogP contribution in [0, 0.1) is 5.82 Å². The van der Waals surface area contributed by atoms with E-state index in [1.807, 2.05) is 18.2 Å². The summed E-state index contributed by atoms with van der Waals surface area (Å²) in [5.74, 6) is -1.14. The minimum atomic E-state index is -0.614. The van der Waals surface area contributed by atoms with E-state index < -0.39 is 11.7 Å². The number of hydrogen-bond acceptors (Lipinski definition) is 4. The van der Waals surface area contributed by atoms with Crippen LogP contribution < -0.4 is 10.6 Å². The van der Waals surface area contributed by atoms with Gasteiger partial charge in [-0.05, 0) is 19.1 Å². The minimum absolute atomic E-state index is 0.0255. The van der Waals surface area contributed by atoms with Gasteiger partial charge >= 0.3 is 0 Å². The number of hydrogen-bond donors (Lipinski definition) is 2. The van der Waals surface area contributed by atoms with E-state index in [-0.39, 0.29) is 11.6 Å². The van der Waals surface area contributed by atoms with E-state index in [0.29, 0.717) is 12.2 Å². The zero-order chi connectivity index (χ0) is 13.7. The number of anilines is 2. The van der Waals surface area contributed by atoms with Crippen molar-refractivity contribution in [2.45, 2.75) is 6.92 Å². The Hall–Kier alpha value is -2.50. The second-order valence-corrected chi connectivity index (χ2v) is 3.74. The van der Waals surface area contributed by atoms with E-state index in [2.05, 4.69) is 20.6 Å². The van der Waals surface area contributed by atoms with E-state index in [1.54, 1.807) is 19.1 Å². The Labute approximate surface area is 109 Å². The van der Waals surface area contributed by atoms with Gasteiger partial charge in [0.05, 0.1) is 6.20 Å². The molecule has 1 amide bonds. The second-order valence-electron chi connectivity index (χ2n) is 3.74. The molecule has 0 saturated heterocycles. The molecule has 0 aliphatic carbocycles. The molecule has 0 saturated carbocycles. The first-order valence-corrected chi connectivity index (χ1v) is 5.83. The van der Waals surface area contributed by atoms with E-state index in [4.69, 9.17) is 0 Å². The summed E-state index contributed by atoms with van der Waals surface area (Å²) in [5.41, 5.74) is 0.682. The van der Waals surface area contributed by atoms with Gasteiger partial charge < -0.3 is 10.6 Å². The molecule has 0 fully saturated rings. The maximum absolute atomic E-state index is 13.6. The Kier molecular flexibility index (Phi) is 4.02. The average molecular weight is 260 g/mol. The number of carbonyl (C=O) groups excluding carboxylic acids is 1. The van der Waals surface area contributed by atoms with Gasteiger partial charge in [-0.15, -0.1) is 0 Å². The summed E-state index contributed by atoms with van der Waals surface area (Å²) in [7, 11) is 0. The molecule has 0 aliphatic rings. The first-order valence-electron chi connectivity index (χ1n) is 5.83. The maximum atomic E-state index is 13.6. The van der Waals surface area contributed by atoms with E-state index in [9.17, 15) is 9.18 Å². The molecule has 5 nitrogen and oxygen atoms in total. The van der Waals surface area contributed by atoms with Gasteiger partial charge in [-0.3, -0.25) is 4.79 Å². The summed E-state index contributed by atoms with van der Waals surface area (Å²) in [6.07, 6.45) is 0.975. The topological polar surface area (TPSA) is 66.9 Å². The summed E-state index contributed by atoms with van der Waals surface area (Å²) < 4.78 is 13.6. The number of nitrogens with one attached hydrogen (secondary N) is 2. The molecule has 2 aromatic rings. The lowest BCUT2D eigenvalue weighted by atomic mass is 10.3. The number of carbonyl (C=O) groups is 1. The fourth-order valence-electron chi connectivity index (χ4n) is 1.46. The lowest BCUT2D eigenvalue weighted by molar-refractivity contribution is 0.0945. The number of rotatable bonds is 4. The smallest absolute Gasteiger partial charge is 0.289 e. The predicted molar refractivity (Wildman–Crippen MR) is 69.7 cm³/mol. The molecule has 0 atom stereocenters. The van der Waals surface area contributed by atoms with Gasteiger partial charge in [0.15, 0.2) is 11.6 Å². The number of amides is 1. The molecule has 6 heteroatoms. The summed E-state index contributed by atoms with van der Waals surface area (Å²) in [5, 5.41) is 5.36. The molecule has 98 valence electrons. The Balaban J connectivity index is 2.25. The molecule has 0 radical (unpaired) electrons. The highest BCUT2D eigenvalue weighted by Gasteiger charge is 2.12. The lowest BCUT2D eigenvalue weighted by Crippen LogP contribution is -2.25. The van der Waals surface area contributed by atoms with Crippen molar-refractivity contribution in [1.82, 2.24) is 15.3 Å². The Morgan fingerprint density at radius 2 is 2.05 bits per heavy atom. The largest absolute Gasteiger partial charge is 0.350 e. The van der Waals surface area contributed by atoms with Crippen molar-refractivity contribution < 1.29 is 9.18 Å². The van der Waals surface area contributed by atoms with Crippen LogP contribution in [0.5, 0.6) is 0 Å². The van der Waals surface area contributed by atoms with Gasteiger partial charge in [0.1, 0.15) is 0 Å². The highest BCUT2D eigenvalue weighted by Crippen LogP contribution is 2.16. The first kappa shape index (κ1) is 12.9. The van der Waals surface area contributed by atoms with Gasteiger partial charge in [0.25, 0.3) is 5.91 Å². The van der Waals surface area contributed by atoms with Crippen LogP contribution >= 0.6 is 0 Å². The predicted octanol–water partition coefficient (Wildman–Crippen LogP) is 2.11. The van der Waals surface area contributed by atoms with Crippen LogP contribution in [0.3, 0.4) is 0 Å². The number of para-hydroxylation sites is 1. The number of aromatic nitrogens is 2. The third-order valence-electron chi connectivity index (χ3n) is 2.32. The van der Waals surface area contributed by atoms with Crippen LogP contribution in [-0.4, -0.2) is 22.4 Å². The number of halogens is 1. The van der Waals surface area contributed by atoms with Gasteiger partial charge in [0, 0.05) is 12.2 Å². The van der Waals surface area contributed by atoms with E-state index in [1.165, 1.54) is 0 Å². The second kappa shape index (κ2) is 5.90. The van der Waals surface area contributed by atoms with Crippen LogP contribution in [0.4, 0.5) is 15.9 Å². The van der Waals surface area contributed by atoms with Crippen molar-refractivity contribution >= 4 is 17.4 Å². The van der Waals surface area contributed by atoms with Crippen LogP contribution in [-0.2, 0) is 0 Å². The Bertz CT molecular complexity index is 574. The fraction of sp³-hybridized carbons (Fsp3) is 0.154. The minimum Gasteiger partial charge on any atom is -0.350 e. The van der Waals surface area contributed by atoms with Crippen molar-refractivity contribution in [2.24, 2.45) is 0 Å².